The zero-order chi connectivity index (χ0) is 14.9. The van der Waals surface area contributed by atoms with Crippen LogP contribution in [0.4, 0.5) is 5.69 Å². The summed E-state index contributed by atoms with van der Waals surface area (Å²) >= 11 is 0. The standard InChI is InChI=1S/C14H22N2O3S/c1-9-4-5-13(15)10(2)14(9)20(17,18)16-11(3)12-6-7-19-8-12/h4-5,11-12,16H,6-8,15H2,1-3H3. The second-order valence-electron chi connectivity index (χ2n) is 5.46. The molecule has 1 fully saturated rings. The summed E-state index contributed by atoms with van der Waals surface area (Å²) in [6.45, 7) is 6.71. The number of sulfonamides is 1. The summed E-state index contributed by atoms with van der Waals surface area (Å²) in [6.07, 6.45) is 0.887. The molecule has 0 aromatic heterocycles. The molecule has 0 bridgehead atoms. The van der Waals surface area contributed by atoms with Crippen molar-refractivity contribution in [2.75, 3.05) is 18.9 Å². The Hall–Kier alpha value is -1.11. The molecule has 2 rings (SSSR count). The van der Waals surface area contributed by atoms with Gasteiger partial charge in [-0.15, -0.1) is 0 Å². The predicted molar refractivity (Wildman–Crippen MR) is 79.0 cm³/mol. The molecule has 112 valence electrons. The molecule has 2 atom stereocenters. The summed E-state index contributed by atoms with van der Waals surface area (Å²) in [6, 6.07) is 3.32. The lowest BCUT2D eigenvalue weighted by atomic mass is 10.0. The number of nitrogen functional groups attached to an aromatic ring is 1. The number of rotatable bonds is 4. The quantitative estimate of drug-likeness (QED) is 0.827. The predicted octanol–water partition coefficient (Wildman–Crippen LogP) is 1.59. The Kier molecular flexibility index (Phi) is 4.36. The smallest absolute Gasteiger partial charge is 0.241 e. The topological polar surface area (TPSA) is 81.4 Å². The first-order valence-corrected chi connectivity index (χ1v) is 8.27. The third-order valence-corrected chi connectivity index (χ3v) is 5.77. The highest BCUT2D eigenvalue weighted by Gasteiger charge is 2.28. The van der Waals surface area contributed by atoms with Crippen LogP contribution in [-0.2, 0) is 14.8 Å². The van der Waals surface area contributed by atoms with Crippen molar-refractivity contribution < 1.29 is 13.2 Å². The van der Waals surface area contributed by atoms with Crippen LogP contribution in [0, 0.1) is 19.8 Å². The molecule has 0 saturated carbocycles. The molecular formula is C14H22N2O3S. The van der Waals surface area contributed by atoms with E-state index in [0.717, 1.165) is 6.42 Å². The fraction of sp³-hybridized carbons (Fsp3) is 0.571. The lowest BCUT2D eigenvalue weighted by molar-refractivity contribution is 0.180. The highest BCUT2D eigenvalue weighted by molar-refractivity contribution is 7.89. The van der Waals surface area contributed by atoms with Gasteiger partial charge in [-0.1, -0.05) is 6.07 Å². The summed E-state index contributed by atoms with van der Waals surface area (Å²) in [7, 11) is -3.57. The van der Waals surface area contributed by atoms with Gasteiger partial charge in [0.25, 0.3) is 0 Å². The Bertz CT molecular complexity index is 593. The number of hydrogen-bond acceptors (Lipinski definition) is 4. The molecule has 1 aromatic rings. The van der Waals surface area contributed by atoms with Crippen LogP contribution >= 0.6 is 0 Å². The highest BCUT2D eigenvalue weighted by atomic mass is 32.2. The van der Waals surface area contributed by atoms with E-state index < -0.39 is 10.0 Å². The zero-order valence-corrected chi connectivity index (χ0v) is 13.0. The van der Waals surface area contributed by atoms with Crippen LogP contribution < -0.4 is 10.5 Å². The van der Waals surface area contributed by atoms with Crippen molar-refractivity contribution in [1.29, 1.82) is 0 Å². The van der Waals surface area contributed by atoms with Crippen LogP contribution in [0.1, 0.15) is 24.5 Å². The van der Waals surface area contributed by atoms with Gasteiger partial charge >= 0.3 is 0 Å². The van der Waals surface area contributed by atoms with Gasteiger partial charge in [0.15, 0.2) is 0 Å². The van der Waals surface area contributed by atoms with Gasteiger partial charge in [0, 0.05) is 24.3 Å². The third-order valence-electron chi connectivity index (χ3n) is 3.93. The van der Waals surface area contributed by atoms with Crippen LogP contribution in [0.15, 0.2) is 17.0 Å². The van der Waals surface area contributed by atoms with E-state index in [1.54, 1.807) is 26.0 Å². The minimum absolute atomic E-state index is 0.150. The minimum atomic E-state index is -3.57. The molecule has 1 aliphatic rings. The Morgan fingerprint density at radius 3 is 2.70 bits per heavy atom. The Labute approximate surface area is 120 Å². The number of ether oxygens (including phenoxy) is 1. The fourth-order valence-electron chi connectivity index (χ4n) is 2.60. The molecule has 0 radical (unpaired) electrons. The molecule has 1 aromatic carbocycles. The largest absolute Gasteiger partial charge is 0.398 e. The first-order valence-electron chi connectivity index (χ1n) is 6.78. The molecule has 20 heavy (non-hydrogen) atoms. The van der Waals surface area contributed by atoms with Gasteiger partial charge in [0.1, 0.15) is 0 Å². The van der Waals surface area contributed by atoms with Crippen molar-refractivity contribution in [2.45, 2.75) is 38.1 Å². The Morgan fingerprint density at radius 1 is 1.40 bits per heavy atom. The molecule has 0 amide bonds. The molecule has 1 saturated heterocycles. The van der Waals surface area contributed by atoms with Crippen LogP contribution in [0.2, 0.25) is 0 Å². The number of hydrogen-bond donors (Lipinski definition) is 2. The molecule has 1 aliphatic heterocycles. The van der Waals surface area contributed by atoms with Gasteiger partial charge in [0.2, 0.25) is 10.0 Å². The van der Waals surface area contributed by atoms with Crippen LogP contribution in [0.5, 0.6) is 0 Å². The lowest BCUT2D eigenvalue weighted by Crippen LogP contribution is -2.38. The lowest BCUT2D eigenvalue weighted by Gasteiger charge is -2.21. The number of aryl methyl sites for hydroxylation is 1. The van der Waals surface area contributed by atoms with Gasteiger partial charge < -0.3 is 10.5 Å². The van der Waals surface area contributed by atoms with E-state index in [2.05, 4.69) is 4.72 Å². The second-order valence-corrected chi connectivity index (χ2v) is 7.11. The second kappa shape index (κ2) is 5.71. The van der Waals surface area contributed by atoms with E-state index in [1.807, 2.05) is 6.92 Å². The van der Waals surface area contributed by atoms with Crippen molar-refractivity contribution in [2.24, 2.45) is 5.92 Å². The van der Waals surface area contributed by atoms with E-state index in [9.17, 15) is 8.42 Å². The first kappa shape index (κ1) is 15.3. The van der Waals surface area contributed by atoms with Crippen molar-refractivity contribution in [3.63, 3.8) is 0 Å². The monoisotopic (exact) mass is 298 g/mol. The van der Waals surface area contributed by atoms with Crippen molar-refractivity contribution in [1.82, 2.24) is 4.72 Å². The summed E-state index contributed by atoms with van der Waals surface area (Å²) in [5.74, 6) is 0.228. The summed E-state index contributed by atoms with van der Waals surface area (Å²) in [5, 5.41) is 0. The zero-order valence-electron chi connectivity index (χ0n) is 12.1. The van der Waals surface area contributed by atoms with Gasteiger partial charge in [0.05, 0.1) is 11.5 Å². The van der Waals surface area contributed by atoms with Crippen molar-refractivity contribution in [3.8, 4) is 0 Å². The molecule has 5 nitrogen and oxygen atoms in total. The maximum atomic E-state index is 12.6. The molecule has 3 N–H and O–H groups in total. The first-order chi connectivity index (χ1) is 9.33. The van der Waals surface area contributed by atoms with E-state index in [1.165, 1.54) is 0 Å². The van der Waals surface area contributed by atoms with Gasteiger partial charge in [-0.25, -0.2) is 13.1 Å². The van der Waals surface area contributed by atoms with E-state index >= 15 is 0 Å². The molecular weight excluding hydrogens is 276 g/mol. The average molecular weight is 298 g/mol. The Morgan fingerprint density at radius 2 is 2.10 bits per heavy atom. The maximum absolute atomic E-state index is 12.6. The Balaban J connectivity index is 2.29. The molecule has 1 heterocycles. The molecule has 0 spiro atoms. The van der Waals surface area contributed by atoms with E-state index in [0.29, 0.717) is 34.9 Å². The molecule has 6 heteroatoms. The number of nitrogens with two attached hydrogens (primary N) is 1. The number of nitrogens with one attached hydrogen (secondary N) is 1. The highest BCUT2D eigenvalue weighted by Crippen LogP contribution is 2.26. The summed E-state index contributed by atoms with van der Waals surface area (Å²) in [5.41, 5.74) is 7.63. The summed E-state index contributed by atoms with van der Waals surface area (Å²) < 4.78 is 33.2. The maximum Gasteiger partial charge on any atom is 0.241 e. The van der Waals surface area contributed by atoms with Gasteiger partial charge in [-0.3, -0.25) is 0 Å². The van der Waals surface area contributed by atoms with E-state index in [-0.39, 0.29) is 12.0 Å². The van der Waals surface area contributed by atoms with Gasteiger partial charge in [-0.05, 0) is 44.4 Å². The number of benzene rings is 1. The van der Waals surface area contributed by atoms with Crippen molar-refractivity contribution >= 4 is 15.7 Å². The number of anilines is 1. The average Bonchev–Trinajstić information content (AvgIpc) is 2.87. The van der Waals surface area contributed by atoms with Crippen molar-refractivity contribution in [3.05, 3.63) is 23.3 Å². The van der Waals surface area contributed by atoms with Crippen LogP contribution in [-0.4, -0.2) is 27.7 Å². The third kappa shape index (κ3) is 2.97. The van der Waals surface area contributed by atoms with Gasteiger partial charge in [-0.2, -0.15) is 0 Å². The normalized spacial score (nSPS) is 21.1. The fourth-order valence-corrected chi connectivity index (χ4v) is 4.42. The summed E-state index contributed by atoms with van der Waals surface area (Å²) in [4.78, 5) is 0.295. The van der Waals surface area contributed by atoms with Crippen LogP contribution in [0.25, 0.3) is 0 Å². The SMILES string of the molecule is Cc1ccc(N)c(C)c1S(=O)(=O)NC(C)C1CCOC1. The minimum Gasteiger partial charge on any atom is -0.398 e. The van der Waals surface area contributed by atoms with E-state index in [4.69, 9.17) is 10.5 Å². The molecule has 0 aliphatic carbocycles. The van der Waals surface area contributed by atoms with Crippen LogP contribution in [0.3, 0.4) is 0 Å². The molecule has 2 unspecified atom stereocenters.